The summed E-state index contributed by atoms with van der Waals surface area (Å²) in [5.41, 5.74) is 2.86. The third kappa shape index (κ3) is 3.79. The van der Waals surface area contributed by atoms with Crippen LogP contribution in [0.1, 0.15) is 12.0 Å². The molecule has 2 N–H and O–H groups in total. The molecule has 2 aliphatic carbocycles. The molecule has 4 aromatic rings. The Hall–Kier alpha value is -3.16. The van der Waals surface area contributed by atoms with Crippen LogP contribution in [0, 0.1) is 23.7 Å². The maximum Gasteiger partial charge on any atom is 0.307 e. The van der Waals surface area contributed by atoms with E-state index < -0.39 is 17.8 Å². The summed E-state index contributed by atoms with van der Waals surface area (Å²) in [5.74, 6) is -1.45. The highest BCUT2D eigenvalue weighted by molar-refractivity contribution is 8.00. The van der Waals surface area contributed by atoms with Crippen molar-refractivity contribution in [2.75, 3.05) is 5.32 Å². The molecule has 0 radical (unpaired) electrons. The minimum atomic E-state index is -0.886. The number of anilines is 1. The van der Waals surface area contributed by atoms with Gasteiger partial charge >= 0.3 is 5.97 Å². The first kappa shape index (κ1) is 21.4. The highest BCUT2D eigenvalue weighted by atomic mass is 32.2. The maximum atomic E-state index is 13.0. The summed E-state index contributed by atoms with van der Waals surface area (Å²) >= 11 is 3.32. The van der Waals surface area contributed by atoms with Gasteiger partial charge < -0.3 is 10.4 Å². The number of carboxylic acid groups (broad SMARTS) is 1. The average Bonchev–Trinajstić information content (AvgIpc) is 3.56. The van der Waals surface area contributed by atoms with Gasteiger partial charge in [-0.05, 0) is 52.8 Å². The van der Waals surface area contributed by atoms with Crippen LogP contribution >= 0.6 is 23.1 Å². The lowest BCUT2D eigenvalue weighted by atomic mass is 9.82. The standard InChI is InChI=1S/C27H22N2O3S2/c30-25(23-16-8-9-17(12-16)24(23)26(31)32)28-19-10-11-21-22(13-19)34-27(29-21)33-14-18-6-3-5-15-4-1-2-7-20(15)18/h1-11,13,16-17,23-24H,12,14H2,(H,28,30)(H,31,32)/t16-,17-,23-,24-/m0/s1. The van der Waals surface area contributed by atoms with E-state index in [2.05, 4.69) is 47.8 Å². The van der Waals surface area contributed by atoms with Crippen molar-refractivity contribution in [3.8, 4) is 0 Å². The van der Waals surface area contributed by atoms with Crippen molar-refractivity contribution >= 4 is 61.7 Å². The van der Waals surface area contributed by atoms with E-state index in [0.29, 0.717) is 5.69 Å². The third-order valence-corrected chi connectivity index (χ3v) is 9.12. The molecule has 4 atom stereocenters. The molecule has 0 aliphatic heterocycles. The van der Waals surface area contributed by atoms with Crippen molar-refractivity contribution in [3.63, 3.8) is 0 Å². The number of benzene rings is 3. The number of carbonyl (C=O) groups is 2. The van der Waals surface area contributed by atoms with Crippen LogP contribution in [-0.4, -0.2) is 22.0 Å². The molecule has 2 bridgehead atoms. The highest BCUT2D eigenvalue weighted by Crippen LogP contribution is 2.48. The van der Waals surface area contributed by atoms with Crippen molar-refractivity contribution < 1.29 is 14.7 Å². The summed E-state index contributed by atoms with van der Waals surface area (Å²) in [6.45, 7) is 0. The fourth-order valence-corrected chi connectivity index (χ4v) is 7.45. The minimum absolute atomic E-state index is 0.00954. The van der Waals surface area contributed by atoms with E-state index in [9.17, 15) is 14.7 Å². The van der Waals surface area contributed by atoms with E-state index in [1.807, 2.05) is 30.4 Å². The molecule has 1 heterocycles. The number of aromatic nitrogens is 1. The Morgan fingerprint density at radius 2 is 1.82 bits per heavy atom. The van der Waals surface area contributed by atoms with Crippen LogP contribution in [0.25, 0.3) is 21.0 Å². The van der Waals surface area contributed by atoms with Crippen LogP contribution in [-0.2, 0) is 15.3 Å². The molecule has 0 unspecified atom stereocenters. The number of fused-ring (bicyclic) bond motifs is 4. The minimum Gasteiger partial charge on any atom is -0.481 e. The number of carboxylic acids is 1. The zero-order chi connectivity index (χ0) is 23.2. The van der Waals surface area contributed by atoms with Gasteiger partial charge in [0.25, 0.3) is 0 Å². The second-order valence-corrected chi connectivity index (χ2v) is 11.2. The van der Waals surface area contributed by atoms with Gasteiger partial charge in [0.1, 0.15) is 0 Å². The molecule has 170 valence electrons. The molecule has 1 aromatic heterocycles. The number of thioether (sulfide) groups is 1. The summed E-state index contributed by atoms with van der Waals surface area (Å²) in [7, 11) is 0. The smallest absolute Gasteiger partial charge is 0.307 e. The number of thiazole rings is 1. The van der Waals surface area contributed by atoms with Gasteiger partial charge in [-0.15, -0.1) is 11.3 Å². The Bertz CT molecular complexity index is 1460. The van der Waals surface area contributed by atoms with Gasteiger partial charge in [-0.2, -0.15) is 0 Å². The van der Waals surface area contributed by atoms with Crippen molar-refractivity contribution in [1.29, 1.82) is 0 Å². The zero-order valence-corrected chi connectivity index (χ0v) is 19.8. The van der Waals surface area contributed by atoms with E-state index in [4.69, 9.17) is 4.98 Å². The van der Waals surface area contributed by atoms with Gasteiger partial charge in [0.05, 0.1) is 22.1 Å². The van der Waals surface area contributed by atoms with Crippen LogP contribution in [0.15, 0.2) is 77.2 Å². The Kier molecular flexibility index (Phi) is 5.38. The summed E-state index contributed by atoms with van der Waals surface area (Å²) in [6.07, 6.45) is 4.70. The second-order valence-electron chi connectivity index (χ2n) is 8.92. The lowest BCUT2D eigenvalue weighted by molar-refractivity contribution is -0.146. The number of allylic oxidation sites excluding steroid dienone is 2. The summed E-state index contributed by atoms with van der Waals surface area (Å²) in [4.78, 5) is 29.5. The molecule has 5 nitrogen and oxygen atoms in total. The van der Waals surface area contributed by atoms with E-state index in [1.54, 1.807) is 23.1 Å². The fourth-order valence-electron chi connectivity index (χ4n) is 5.34. The van der Waals surface area contributed by atoms with Crippen molar-refractivity contribution in [1.82, 2.24) is 4.98 Å². The van der Waals surface area contributed by atoms with Gasteiger partial charge in [0.15, 0.2) is 4.34 Å². The summed E-state index contributed by atoms with van der Waals surface area (Å²) in [6, 6.07) is 20.5. The number of carbonyl (C=O) groups excluding carboxylic acids is 1. The summed E-state index contributed by atoms with van der Waals surface area (Å²) < 4.78 is 1.98. The van der Waals surface area contributed by atoms with Crippen molar-refractivity contribution in [2.45, 2.75) is 16.5 Å². The quantitative estimate of drug-likeness (QED) is 0.250. The van der Waals surface area contributed by atoms with Crippen LogP contribution in [0.4, 0.5) is 5.69 Å². The third-order valence-electron chi connectivity index (χ3n) is 6.91. The highest BCUT2D eigenvalue weighted by Gasteiger charge is 2.51. The Balaban J connectivity index is 1.18. The van der Waals surface area contributed by atoms with Gasteiger partial charge in [0, 0.05) is 11.4 Å². The molecule has 0 saturated heterocycles. The number of hydrogen-bond acceptors (Lipinski definition) is 5. The molecular weight excluding hydrogens is 464 g/mol. The fraction of sp³-hybridized carbons (Fsp3) is 0.222. The Morgan fingerprint density at radius 3 is 2.68 bits per heavy atom. The van der Waals surface area contributed by atoms with Gasteiger partial charge in [-0.1, -0.05) is 66.4 Å². The van der Waals surface area contributed by atoms with E-state index in [0.717, 1.165) is 26.7 Å². The maximum absolute atomic E-state index is 13.0. The topological polar surface area (TPSA) is 79.3 Å². The molecule has 0 spiro atoms. The van der Waals surface area contributed by atoms with Crippen molar-refractivity contribution in [2.24, 2.45) is 23.7 Å². The number of rotatable bonds is 6. The van der Waals surface area contributed by atoms with E-state index in [-0.39, 0.29) is 17.7 Å². The Morgan fingerprint density at radius 1 is 1.03 bits per heavy atom. The lowest BCUT2D eigenvalue weighted by Gasteiger charge is -2.23. The predicted octanol–water partition coefficient (Wildman–Crippen LogP) is 6.20. The molecule has 3 aromatic carbocycles. The number of hydrogen-bond donors (Lipinski definition) is 2. The molecule has 2 aliphatic rings. The zero-order valence-electron chi connectivity index (χ0n) is 18.2. The number of amides is 1. The number of nitrogens with one attached hydrogen (secondary N) is 1. The first-order valence-electron chi connectivity index (χ1n) is 11.3. The average molecular weight is 487 g/mol. The molecular formula is C27H22N2O3S2. The largest absolute Gasteiger partial charge is 0.481 e. The molecule has 1 fully saturated rings. The summed E-state index contributed by atoms with van der Waals surface area (Å²) in [5, 5.41) is 15.1. The van der Waals surface area contributed by atoms with Crippen LogP contribution in [0.5, 0.6) is 0 Å². The van der Waals surface area contributed by atoms with Gasteiger partial charge in [-0.3, -0.25) is 9.59 Å². The van der Waals surface area contributed by atoms with Gasteiger partial charge in [0.2, 0.25) is 5.91 Å². The predicted molar refractivity (Wildman–Crippen MR) is 137 cm³/mol. The Labute approximate surface area is 204 Å². The normalized spacial score (nSPS) is 23.1. The van der Waals surface area contributed by atoms with Gasteiger partial charge in [-0.25, -0.2) is 4.98 Å². The van der Waals surface area contributed by atoms with E-state index in [1.165, 1.54) is 16.3 Å². The molecule has 6 rings (SSSR count). The molecule has 34 heavy (non-hydrogen) atoms. The molecule has 1 saturated carbocycles. The second kappa shape index (κ2) is 8.56. The lowest BCUT2D eigenvalue weighted by Crippen LogP contribution is -2.36. The van der Waals surface area contributed by atoms with Crippen molar-refractivity contribution in [3.05, 3.63) is 78.4 Å². The monoisotopic (exact) mass is 486 g/mol. The van der Waals surface area contributed by atoms with Crippen LogP contribution in [0.2, 0.25) is 0 Å². The number of aliphatic carboxylic acids is 1. The van der Waals surface area contributed by atoms with Crippen LogP contribution < -0.4 is 5.32 Å². The van der Waals surface area contributed by atoms with E-state index >= 15 is 0 Å². The first-order valence-corrected chi connectivity index (χ1v) is 13.1. The SMILES string of the molecule is O=C(O)[C@@H]1[C@@H](C(=O)Nc2ccc3nc(SCc4cccc5ccccc45)sc3c2)[C@H]2C=C[C@H]1C2. The van der Waals surface area contributed by atoms with Crippen LogP contribution in [0.3, 0.4) is 0 Å². The first-order chi connectivity index (χ1) is 16.6. The number of nitrogens with zero attached hydrogens (tertiary/aromatic N) is 1. The molecule has 1 amide bonds. The molecule has 7 heteroatoms.